The topological polar surface area (TPSA) is 38.0 Å². The molecule has 0 aromatic heterocycles. The third-order valence-corrected chi connectivity index (χ3v) is 2.71. The first kappa shape index (κ1) is 13.3. The molecular formula is C10H24N2S. The Hall–Kier alpha value is 0.270. The lowest BCUT2D eigenvalue weighted by Gasteiger charge is -2.03. The van der Waals surface area contributed by atoms with Gasteiger partial charge in [-0.05, 0) is 50.9 Å². The molecule has 0 heterocycles. The number of unbranched alkanes of at least 4 members (excludes halogenated alkanes) is 3. The van der Waals surface area contributed by atoms with Crippen molar-refractivity contribution < 1.29 is 0 Å². The first-order chi connectivity index (χ1) is 6.41. The summed E-state index contributed by atoms with van der Waals surface area (Å²) in [6.07, 6.45) is 8.57. The van der Waals surface area contributed by atoms with Gasteiger partial charge >= 0.3 is 0 Å². The van der Waals surface area contributed by atoms with Crippen molar-refractivity contribution in [3.8, 4) is 0 Å². The predicted molar refractivity (Wildman–Crippen MR) is 63.4 cm³/mol. The highest BCUT2D eigenvalue weighted by Crippen LogP contribution is 1.97. The van der Waals surface area contributed by atoms with E-state index in [-0.39, 0.29) is 0 Å². The van der Waals surface area contributed by atoms with Crippen molar-refractivity contribution >= 4 is 11.8 Å². The van der Waals surface area contributed by atoms with Gasteiger partial charge in [0.1, 0.15) is 0 Å². The molecule has 0 saturated heterocycles. The number of rotatable bonds is 10. The summed E-state index contributed by atoms with van der Waals surface area (Å²) in [7, 11) is 0. The summed E-state index contributed by atoms with van der Waals surface area (Å²) in [5.41, 5.74) is 5.41. The maximum atomic E-state index is 5.41. The van der Waals surface area contributed by atoms with E-state index in [0.29, 0.717) is 0 Å². The molecule has 0 radical (unpaired) electrons. The number of nitrogens with two attached hydrogens (primary N) is 1. The van der Waals surface area contributed by atoms with Gasteiger partial charge in [0, 0.05) is 0 Å². The van der Waals surface area contributed by atoms with Crippen LogP contribution in [0.2, 0.25) is 0 Å². The highest BCUT2D eigenvalue weighted by atomic mass is 32.2. The van der Waals surface area contributed by atoms with Gasteiger partial charge in [-0.25, -0.2) is 0 Å². The monoisotopic (exact) mass is 204 g/mol. The van der Waals surface area contributed by atoms with Crippen LogP contribution in [0, 0.1) is 0 Å². The Morgan fingerprint density at radius 2 is 1.69 bits per heavy atom. The first-order valence-electron chi connectivity index (χ1n) is 5.31. The van der Waals surface area contributed by atoms with E-state index in [4.69, 9.17) is 5.73 Å². The number of thioether (sulfide) groups is 1. The normalized spacial score (nSPS) is 10.6. The Balaban J connectivity index is 2.76. The SMILES string of the molecule is CSCCCNCCCCCCN. The van der Waals surface area contributed by atoms with E-state index < -0.39 is 0 Å². The molecule has 0 bridgehead atoms. The van der Waals surface area contributed by atoms with Gasteiger partial charge < -0.3 is 11.1 Å². The second-order valence-corrected chi connectivity index (χ2v) is 4.28. The van der Waals surface area contributed by atoms with Gasteiger partial charge in [-0.3, -0.25) is 0 Å². The van der Waals surface area contributed by atoms with Crippen molar-refractivity contribution in [2.24, 2.45) is 5.73 Å². The summed E-state index contributed by atoms with van der Waals surface area (Å²) < 4.78 is 0. The van der Waals surface area contributed by atoms with Gasteiger partial charge in [-0.1, -0.05) is 12.8 Å². The minimum absolute atomic E-state index is 0.848. The lowest BCUT2D eigenvalue weighted by molar-refractivity contribution is 0.588. The zero-order valence-corrected chi connectivity index (χ0v) is 9.67. The van der Waals surface area contributed by atoms with Gasteiger partial charge in [0.25, 0.3) is 0 Å². The van der Waals surface area contributed by atoms with E-state index in [0.717, 1.165) is 6.54 Å². The second kappa shape index (κ2) is 12.3. The Morgan fingerprint density at radius 3 is 2.38 bits per heavy atom. The Morgan fingerprint density at radius 1 is 1.00 bits per heavy atom. The van der Waals surface area contributed by atoms with Crippen LogP contribution in [0.4, 0.5) is 0 Å². The van der Waals surface area contributed by atoms with E-state index in [9.17, 15) is 0 Å². The fraction of sp³-hybridized carbons (Fsp3) is 1.00. The number of hydrogen-bond donors (Lipinski definition) is 2. The van der Waals surface area contributed by atoms with Crippen LogP contribution in [0.25, 0.3) is 0 Å². The highest BCUT2D eigenvalue weighted by Gasteiger charge is 1.89. The molecule has 0 fully saturated rings. The molecule has 0 aromatic rings. The molecule has 0 rings (SSSR count). The molecule has 0 unspecified atom stereocenters. The third kappa shape index (κ3) is 12.3. The molecule has 3 heteroatoms. The minimum Gasteiger partial charge on any atom is -0.330 e. The van der Waals surface area contributed by atoms with Crippen molar-refractivity contribution in [3.05, 3.63) is 0 Å². The highest BCUT2D eigenvalue weighted by molar-refractivity contribution is 7.98. The lowest BCUT2D eigenvalue weighted by atomic mass is 10.2. The van der Waals surface area contributed by atoms with Crippen LogP contribution >= 0.6 is 11.8 Å². The molecule has 0 aliphatic carbocycles. The average molecular weight is 204 g/mol. The largest absolute Gasteiger partial charge is 0.330 e. The molecule has 0 saturated carbocycles. The summed E-state index contributed by atoms with van der Waals surface area (Å²) in [4.78, 5) is 0. The molecule has 0 aliphatic heterocycles. The van der Waals surface area contributed by atoms with Crippen LogP contribution in [-0.4, -0.2) is 31.6 Å². The zero-order chi connectivity index (χ0) is 9.78. The van der Waals surface area contributed by atoms with Crippen molar-refractivity contribution in [2.75, 3.05) is 31.6 Å². The van der Waals surface area contributed by atoms with E-state index in [1.165, 1.54) is 50.9 Å². The summed E-state index contributed by atoms with van der Waals surface area (Å²) in [6.45, 7) is 3.21. The van der Waals surface area contributed by atoms with Crippen molar-refractivity contribution in [2.45, 2.75) is 32.1 Å². The molecule has 0 atom stereocenters. The summed E-state index contributed by atoms with van der Waals surface area (Å²) in [5.74, 6) is 1.28. The van der Waals surface area contributed by atoms with Crippen molar-refractivity contribution in [1.82, 2.24) is 5.32 Å². The maximum Gasteiger partial charge on any atom is -0.00411 e. The lowest BCUT2D eigenvalue weighted by Crippen LogP contribution is -2.17. The van der Waals surface area contributed by atoms with Crippen LogP contribution in [-0.2, 0) is 0 Å². The second-order valence-electron chi connectivity index (χ2n) is 3.30. The van der Waals surface area contributed by atoms with Crippen LogP contribution < -0.4 is 11.1 Å². The summed E-state index contributed by atoms with van der Waals surface area (Å²) >= 11 is 1.92. The van der Waals surface area contributed by atoms with E-state index in [1.54, 1.807) is 0 Å². The molecular weight excluding hydrogens is 180 g/mol. The molecule has 13 heavy (non-hydrogen) atoms. The maximum absolute atomic E-state index is 5.41. The molecule has 0 amide bonds. The van der Waals surface area contributed by atoms with Gasteiger partial charge in [0.15, 0.2) is 0 Å². The van der Waals surface area contributed by atoms with Gasteiger partial charge in [0.2, 0.25) is 0 Å². The number of nitrogens with one attached hydrogen (secondary N) is 1. The minimum atomic E-state index is 0.848. The Bertz CT molecular complexity index is 79.0. The molecule has 80 valence electrons. The van der Waals surface area contributed by atoms with E-state index in [2.05, 4.69) is 11.6 Å². The molecule has 0 aromatic carbocycles. The number of hydrogen-bond acceptors (Lipinski definition) is 3. The van der Waals surface area contributed by atoms with Crippen LogP contribution in [0.15, 0.2) is 0 Å². The van der Waals surface area contributed by atoms with Crippen LogP contribution in [0.1, 0.15) is 32.1 Å². The van der Waals surface area contributed by atoms with Gasteiger partial charge in [0.05, 0.1) is 0 Å². The fourth-order valence-corrected chi connectivity index (χ4v) is 1.65. The summed E-state index contributed by atoms with van der Waals surface area (Å²) in [6, 6.07) is 0. The van der Waals surface area contributed by atoms with Gasteiger partial charge in [-0.15, -0.1) is 0 Å². The fourth-order valence-electron chi connectivity index (χ4n) is 1.21. The molecule has 3 N–H and O–H groups in total. The van der Waals surface area contributed by atoms with Crippen molar-refractivity contribution in [1.29, 1.82) is 0 Å². The van der Waals surface area contributed by atoms with Crippen LogP contribution in [0.5, 0.6) is 0 Å². The summed E-state index contributed by atoms with van der Waals surface area (Å²) in [5, 5.41) is 3.45. The van der Waals surface area contributed by atoms with E-state index in [1.807, 2.05) is 11.8 Å². The third-order valence-electron chi connectivity index (χ3n) is 2.01. The first-order valence-corrected chi connectivity index (χ1v) is 6.71. The van der Waals surface area contributed by atoms with E-state index >= 15 is 0 Å². The van der Waals surface area contributed by atoms with Crippen LogP contribution in [0.3, 0.4) is 0 Å². The van der Waals surface area contributed by atoms with Crippen molar-refractivity contribution in [3.63, 3.8) is 0 Å². The Labute approximate surface area is 87.0 Å². The average Bonchev–Trinajstić information content (AvgIpc) is 2.16. The molecule has 0 aliphatic rings. The molecule has 0 spiro atoms. The van der Waals surface area contributed by atoms with Gasteiger partial charge in [-0.2, -0.15) is 11.8 Å². The zero-order valence-electron chi connectivity index (χ0n) is 8.85. The molecule has 2 nitrogen and oxygen atoms in total. The predicted octanol–water partition coefficient (Wildman–Crippen LogP) is 1.85. The quantitative estimate of drug-likeness (QED) is 0.533. The standard InChI is InChI=1S/C10H24N2S/c1-13-10-6-9-12-8-5-3-2-4-7-11/h12H,2-11H2,1H3. The Kier molecular flexibility index (Phi) is 12.5. The smallest absolute Gasteiger partial charge is 0.00411 e.